The van der Waals surface area contributed by atoms with Gasteiger partial charge in [-0.3, -0.25) is 120 Å². The van der Waals surface area contributed by atoms with Crippen molar-refractivity contribution in [2.75, 3.05) is 51.8 Å². The van der Waals surface area contributed by atoms with Crippen LogP contribution in [0.3, 0.4) is 0 Å². The van der Waals surface area contributed by atoms with Crippen LogP contribution in [0.2, 0.25) is 0 Å². The van der Waals surface area contributed by atoms with Crippen LogP contribution in [0.4, 0.5) is 0 Å². The molecule has 59 nitrogen and oxygen atoms in total. The summed E-state index contributed by atoms with van der Waals surface area (Å²) in [7, 11) is 0. The lowest BCUT2D eigenvalue weighted by Crippen LogP contribution is -2.63. The minimum absolute atomic E-state index is 0.0196. The van der Waals surface area contributed by atoms with Crippen LogP contribution in [0.15, 0.2) is 24.3 Å². The number of benzene rings is 1. The highest BCUT2D eigenvalue weighted by Gasteiger charge is 2.42. The molecule has 1 aromatic carbocycles. The Kier molecular flexibility index (Phi) is 57.0. The number of rotatable bonds is 68. The second kappa shape index (κ2) is 64.3. The van der Waals surface area contributed by atoms with E-state index in [-0.39, 0.29) is 55.9 Å². The molecule has 0 bridgehead atoms. The molecule has 20 amide bonds. The average Bonchev–Trinajstić information content (AvgIpc) is 0.842. The van der Waals surface area contributed by atoms with E-state index in [1.807, 2.05) is 37.2 Å². The second-order valence-corrected chi connectivity index (χ2v) is 34.2. The first kappa shape index (κ1) is 127. The Bertz CT molecular complexity index is 4610. The fourth-order valence-electron chi connectivity index (χ4n) is 12.7. The van der Waals surface area contributed by atoms with Gasteiger partial charge in [0, 0.05) is 25.0 Å². The van der Waals surface area contributed by atoms with E-state index in [2.05, 4.69) is 76.4 Å². The van der Waals surface area contributed by atoms with Gasteiger partial charge >= 0.3 is 29.8 Å². The molecule has 143 heavy (non-hydrogen) atoms. The maximum absolute atomic E-state index is 14.3. The highest BCUT2D eigenvalue weighted by molar-refractivity contribution is 7.80. The number of nitrogens with one attached hydrogen (secondary N) is 19. The van der Waals surface area contributed by atoms with Crippen LogP contribution in [-0.4, -0.2) is 382 Å². The standard InChI is InChI=1S/C83H132N22O37S/c1-34(2)22-45(93-67(126)42(85)17-19-57(115)116)68(127)87-27-56(114)90-50(29-106)75(134)95-48(25-59(119)120)73(132)98-52(31-108)77(136)99-51(30-107)76(135)92-44(18-20-58(117)118)70(129)94-49(26-60(121)122)74(133)105-65(39(9)111)83(142)103-63(36(5)6)81(140)97-47(24-55(86)113)72(131)91-43(12-10-11-21-84)69(128)89-37(7)66(125)104-64(38(8)110)82(141)96-46(23-40-13-15-41(112)16-14-40)71(130)101-54(33-143)79(138)100-53(32-109)78(137)102-62(35(3)4)80(139)88-28-61(123)124/h13-16,34-39,42-54,62-65,106-112,143H,10-12,17-33,84-85H2,1-9H3,(H2,86,113)(H,87,127)(H,88,139)(H,89,128)(H,90,114)(H,91,131)(H,92,135)(H,93,126)(H,94,129)(H,95,134)(H,96,141)(H,97,140)(H,98,132)(H,99,136)(H,100,138)(H,101,130)(H,102,137)(H,103,142)(H,104,125)(H,105,133)(H,115,116)(H,117,118)(H,119,120)(H,121,122)(H,123,124)/t37-,38+,39+,42-,43-,44-,45-,46-,47-,48-,49-,50-,51-,52-,53-,54-,62-,63-,64-,65-/m0/s1. The number of carbonyl (C=O) groups is 25. The summed E-state index contributed by atoms with van der Waals surface area (Å²) < 4.78 is 0. The molecule has 0 spiro atoms. The van der Waals surface area contributed by atoms with Crippen LogP contribution in [0.5, 0.6) is 5.75 Å². The van der Waals surface area contributed by atoms with Crippen LogP contribution >= 0.6 is 12.6 Å². The number of amides is 20. The summed E-state index contributed by atoms with van der Waals surface area (Å²) in [5.41, 5.74) is 17.2. The number of aromatic hydroxyl groups is 1. The van der Waals surface area contributed by atoms with E-state index < -0.39 is 371 Å². The molecule has 0 saturated carbocycles. The van der Waals surface area contributed by atoms with Gasteiger partial charge in [-0.05, 0) is 101 Å². The molecular formula is C83H132N22O37S. The lowest BCUT2D eigenvalue weighted by Gasteiger charge is -2.29. The van der Waals surface area contributed by atoms with Gasteiger partial charge in [0.05, 0.1) is 70.5 Å². The summed E-state index contributed by atoms with van der Waals surface area (Å²) in [5.74, 6) is -36.5. The van der Waals surface area contributed by atoms with E-state index in [4.69, 9.17) is 27.4 Å². The van der Waals surface area contributed by atoms with Gasteiger partial charge in [-0.15, -0.1) is 0 Å². The lowest BCUT2D eigenvalue weighted by atomic mass is 10.0. The summed E-state index contributed by atoms with van der Waals surface area (Å²) in [6.07, 6.45) is -10.9. The zero-order chi connectivity index (χ0) is 109. The van der Waals surface area contributed by atoms with Crippen molar-refractivity contribution in [3.05, 3.63) is 29.8 Å². The van der Waals surface area contributed by atoms with Crippen molar-refractivity contribution >= 4 is 161 Å². The number of primary amides is 1. The quantitative estimate of drug-likeness (QED) is 0.0213. The summed E-state index contributed by atoms with van der Waals surface area (Å²) >= 11 is 4.14. The summed E-state index contributed by atoms with van der Waals surface area (Å²) in [4.78, 5) is 331. The molecule has 1 aromatic rings. The third-order valence-electron chi connectivity index (χ3n) is 20.6. The Morgan fingerprint density at radius 1 is 0.329 bits per heavy atom. The molecule has 20 atom stereocenters. The fraction of sp³-hybridized carbons (Fsp3) is 0.627. The molecular weight excluding hydrogens is 1930 g/mol. The summed E-state index contributed by atoms with van der Waals surface area (Å²) in [6.45, 7) is 5.05. The van der Waals surface area contributed by atoms with E-state index in [9.17, 15) is 171 Å². The van der Waals surface area contributed by atoms with Gasteiger partial charge < -0.3 is 179 Å². The minimum atomic E-state index is -2.36. The number of aliphatic carboxylic acids is 5. The first-order valence-electron chi connectivity index (χ1n) is 44.5. The number of thiol groups is 1. The monoisotopic (exact) mass is 2060 g/mol. The first-order chi connectivity index (χ1) is 66.8. The fourth-order valence-corrected chi connectivity index (χ4v) is 13.0. The highest BCUT2D eigenvalue weighted by Crippen LogP contribution is 2.16. The molecule has 0 saturated heterocycles. The largest absolute Gasteiger partial charge is 0.508 e. The van der Waals surface area contributed by atoms with Crippen molar-refractivity contribution in [3.63, 3.8) is 0 Å². The van der Waals surface area contributed by atoms with Gasteiger partial charge in [0.1, 0.15) is 115 Å². The van der Waals surface area contributed by atoms with Gasteiger partial charge in [0.2, 0.25) is 118 Å². The number of carboxylic acids is 5. The Balaban J connectivity index is 3.50. The number of aliphatic hydroxyl groups is 6. The number of phenols is 1. The number of hydrogen-bond donors (Lipinski definition) is 35. The molecule has 0 aliphatic carbocycles. The maximum Gasteiger partial charge on any atom is 0.322 e. The molecule has 0 aliphatic heterocycles. The Labute approximate surface area is 822 Å². The van der Waals surface area contributed by atoms with E-state index in [0.717, 1.165) is 20.8 Å². The molecule has 60 heteroatoms. The first-order valence-corrected chi connectivity index (χ1v) is 45.2. The SMILES string of the molecule is CC(C)C[C@H](NC(=O)[C@@H](N)CCC(=O)O)C(=O)NCC(=O)N[C@@H](CO)C(=O)N[C@@H](CC(=O)O)C(=O)N[C@@H](CO)C(=O)N[C@@H](CO)C(=O)N[C@@H](CCC(=O)O)C(=O)N[C@@H](CC(=O)O)C(=O)N[C@H](C(=O)N[C@H](C(=O)N[C@@H](CC(N)=O)C(=O)N[C@@H](CCCCN)C(=O)N[C@@H](C)C(=O)N[C@H](C(=O)N[C@@H](Cc1ccc(O)cc1)C(=O)N[C@@H](CS)C(=O)N[C@@H](CO)C(=O)N[C@H](C(=O)NCC(=O)O)C(C)C)[C@@H](C)O)C(C)C)[C@@H](C)O. The third kappa shape index (κ3) is 47.3. The number of carboxylic acid groups (broad SMARTS) is 5. The smallest absolute Gasteiger partial charge is 0.322 e. The molecule has 1 rings (SSSR count). The zero-order valence-electron chi connectivity index (χ0n) is 79.5. The third-order valence-corrected chi connectivity index (χ3v) is 20.9. The van der Waals surface area contributed by atoms with Gasteiger partial charge in [-0.1, -0.05) is 53.7 Å². The number of nitrogens with two attached hydrogens (primary N) is 3. The van der Waals surface area contributed by atoms with E-state index >= 15 is 0 Å². The normalized spacial score (nSPS) is 15.3. The van der Waals surface area contributed by atoms with E-state index in [1.165, 1.54) is 52.0 Å². The van der Waals surface area contributed by atoms with Crippen LogP contribution in [-0.2, 0) is 126 Å². The highest BCUT2D eigenvalue weighted by atomic mass is 32.1. The van der Waals surface area contributed by atoms with Gasteiger partial charge in [-0.2, -0.15) is 12.6 Å². The predicted molar refractivity (Wildman–Crippen MR) is 492 cm³/mol. The van der Waals surface area contributed by atoms with Crippen molar-refractivity contribution in [3.8, 4) is 5.75 Å². The van der Waals surface area contributed by atoms with E-state index in [1.54, 1.807) is 13.8 Å². The van der Waals surface area contributed by atoms with Crippen molar-refractivity contribution in [1.82, 2.24) is 101 Å². The van der Waals surface area contributed by atoms with Crippen molar-refractivity contribution < 1.29 is 181 Å². The Hall–Kier alpha value is -14.2. The van der Waals surface area contributed by atoms with Gasteiger partial charge in [0.25, 0.3) is 0 Å². The number of aliphatic hydroxyl groups excluding tert-OH is 6. The number of carbonyl (C=O) groups excluding carboxylic acids is 20. The molecule has 0 aliphatic rings. The zero-order valence-corrected chi connectivity index (χ0v) is 80.4. The van der Waals surface area contributed by atoms with Crippen LogP contribution in [0.25, 0.3) is 0 Å². The van der Waals surface area contributed by atoms with Gasteiger partial charge in [-0.25, -0.2) is 0 Å². The van der Waals surface area contributed by atoms with Crippen LogP contribution < -0.4 is 118 Å². The maximum atomic E-state index is 14.3. The molecule has 37 N–H and O–H groups in total. The summed E-state index contributed by atoms with van der Waals surface area (Å²) in [5, 5.41) is 160. The van der Waals surface area contributed by atoms with Crippen molar-refractivity contribution in [2.45, 2.75) is 260 Å². The van der Waals surface area contributed by atoms with E-state index in [0.29, 0.717) is 0 Å². The minimum Gasteiger partial charge on any atom is -0.508 e. The molecule has 0 heterocycles. The molecule has 0 radical (unpaired) electrons. The lowest BCUT2D eigenvalue weighted by molar-refractivity contribution is -0.142. The number of unbranched alkanes of at least 4 members (excludes halogenated alkanes) is 1. The predicted octanol–water partition coefficient (Wildman–Crippen LogP) is -15.5. The van der Waals surface area contributed by atoms with Crippen molar-refractivity contribution in [2.24, 2.45) is 35.0 Å². The molecule has 0 unspecified atom stereocenters. The van der Waals surface area contributed by atoms with Crippen LogP contribution in [0, 0.1) is 17.8 Å². The Morgan fingerprint density at radius 3 is 1.10 bits per heavy atom. The number of hydrogen-bond acceptors (Lipinski definition) is 35. The molecule has 0 aromatic heterocycles. The summed E-state index contributed by atoms with van der Waals surface area (Å²) in [6, 6.07) is -28.9. The Morgan fingerprint density at radius 2 is 0.664 bits per heavy atom. The molecule has 0 fully saturated rings. The van der Waals surface area contributed by atoms with Crippen LogP contribution in [0.1, 0.15) is 139 Å². The number of phenolic OH excluding ortho intramolecular Hbond substituents is 1. The van der Waals surface area contributed by atoms with Gasteiger partial charge in [0.15, 0.2) is 0 Å². The average molecular weight is 2060 g/mol. The van der Waals surface area contributed by atoms with Crippen molar-refractivity contribution in [1.29, 1.82) is 0 Å². The topological polar surface area (TPSA) is 976 Å². The second-order valence-electron chi connectivity index (χ2n) is 33.8. The molecule has 802 valence electrons.